The number of benzene rings is 1. The Morgan fingerprint density at radius 2 is 1.90 bits per heavy atom. The minimum absolute atomic E-state index is 0.144. The van der Waals surface area contributed by atoms with Crippen molar-refractivity contribution in [2.75, 3.05) is 14.1 Å². The van der Waals surface area contributed by atoms with Crippen LogP contribution in [0.1, 0.15) is 56.7 Å². The number of nitrogens with zero attached hydrogens (tertiary/aromatic N) is 1. The fraction of sp³-hybridized carbons (Fsp3) is 0.667. The van der Waals surface area contributed by atoms with E-state index in [-0.39, 0.29) is 11.6 Å². The lowest BCUT2D eigenvalue weighted by Crippen LogP contribution is -2.53. The Balaban J connectivity index is 2.32. The Labute approximate surface area is 129 Å². The molecular formula is C18H31N3. The van der Waals surface area contributed by atoms with Crippen molar-refractivity contribution in [3.63, 3.8) is 0 Å². The van der Waals surface area contributed by atoms with E-state index in [4.69, 9.17) is 5.84 Å². The SMILES string of the molecule is CC(C)Cc1cccc(C(NN)C2(N(C)C)CCCC2)c1. The predicted octanol–water partition coefficient (Wildman–Crippen LogP) is 3.26. The van der Waals surface area contributed by atoms with Crippen LogP contribution in [0, 0.1) is 5.92 Å². The Kier molecular flexibility index (Phi) is 5.42. The van der Waals surface area contributed by atoms with Gasteiger partial charge >= 0.3 is 0 Å². The highest BCUT2D eigenvalue weighted by Crippen LogP contribution is 2.43. The van der Waals surface area contributed by atoms with Gasteiger partial charge in [-0.15, -0.1) is 0 Å². The molecule has 0 radical (unpaired) electrons. The van der Waals surface area contributed by atoms with Crippen LogP contribution in [0.2, 0.25) is 0 Å². The van der Waals surface area contributed by atoms with E-state index in [0.717, 1.165) is 6.42 Å². The molecule has 0 saturated heterocycles. The minimum Gasteiger partial charge on any atom is -0.302 e. The highest BCUT2D eigenvalue weighted by atomic mass is 15.3. The maximum Gasteiger partial charge on any atom is 0.0643 e. The number of likely N-dealkylation sites (N-methyl/N-ethyl adjacent to an activating group) is 1. The van der Waals surface area contributed by atoms with Gasteiger partial charge in [0.25, 0.3) is 0 Å². The summed E-state index contributed by atoms with van der Waals surface area (Å²) >= 11 is 0. The minimum atomic E-state index is 0.144. The van der Waals surface area contributed by atoms with E-state index in [1.165, 1.54) is 36.8 Å². The lowest BCUT2D eigenvalue weighted by atomic mass is 9.82. The van der Waals surface area contributed by atoms with Crippen LogP contribution in [-0.2, 0) is 6.42 Å². The summed E-state index contributed by atoms with van der Waals surface area (Å²) in [6.07, 6.45) is 6.14. The largest absolute Gasteiger partial charge is 0.302 e. The van der Waals surface area contributed by atoms with Crippen molar-refractivity contribution < 1.29 is 0 Å². The Morgan fingerprint density at radius 3 is 2.43 bits per heavy atom. The van der Waals surface area contributed by atoms with E-state index >= 15 is 0 Å². The van der Waals surface area contributed by atoms with Gasteiger partial charge in [0.1, 0.15) is 0 Å². The molecule has 0 bridgehead atoms. The summed E-state index contributed by atoms with van der Waals surface area (Å²) in [6, 6.07) is 9.16. The van der Waals surface area contributed by atoms with Gasteiger partial charge in [-0.25, -0.2) is 0 Å². The fourth-order valence-electron chi connectivity index (χ4n) is 3.91. The van der Waals surface area contributed by atoms with Crippen molar-refractivity contribution in [2.45, 2.75) is 57.5 Å². The highest BCUT2D eigenvalue weighted by Gasteiger charge is 2.43. The van der Waals surface area contributed by atoms with Gasteiger partial charge in [-0.05, 0) is 50.4 Å². The molecule has 21 heavy (non-hydrogen) atoms. The summed E-state index contributed by atoms with van der Waals surface area (Å²) < 4.78 is 0. The third-order valence-corrected chi connectivity index (χ3v) is 4.99. The first-order valence-electron chi connectivity index (χ1n) is 8.22. The summed E-state index contributed by atoms with van der Waals surface area (Å²) in [5.41, 5.74) is 6.00. The maximum atomic E-state index is 5.98. The first-order valence-corrected chi connectivity index (χ1v) is 8.22. The maximum absolute atomic E-state index is 5.98. The number of nitrogens with one attached hydrogen (secondary N) is 1. The molecule has 0 heterocycles. The summed E-state index contributed by atoms with van der Waals surface area (Å²) in [6.45, 7) is 4.53. The van der Waals surface area contributed by atoms with Gasteiger partial charge in [-0.2, -0.15) is 0 Å². The second kappa shape index (κ2) is 6.91. The van der Waals surface area contributed by atoms with Gasteiger partial charge in [-0.1, -0.05) is 51.0 Å². The molecule has 1 aromatic carbocycles. The van der Waals surface area contributed by atoms with Crippen molar-refractivity contribution in [3.8, 4) is 0 Å². The number of nitrogens with two attached hydrogens (primary N) is 1. The molecule has 1 fully saturated rings. The first-order chi connectivity index (χ1) is 9.99. The molecule has 1 aliphatic carbocycles. The summed E-state index contributed by atoms with van der Waals surface area (Å²) in [7, 11) is 4.38. The zero-order valence-corrected chi connectivity index (χ0v) is 14.0. The fourth-order valence-corrected chi connectivity index (χ4v) is 3.91. The molecule has 0 spiro atoms. The highest BCUT2D eigenvalue weighted by molar-refractivity contribution is 5.29. The molecule has 0 aliphatic heterocycles. The van der Waals surface area contributed by atoms with Crippen LogP contribution < -0.4 is 11.3 Å². The molecule has 1 saturated carbocycles. The zero-order chi connectivity index (χ0) is 15.5. The molecule has 1 unspecified atom stereocenters. The smallest absolute Gasteiger partial charge is 0.0643 e. The van der Waals surface area contributed by atoms with Crippen LogP contribution in [0.3, 0.4) is 0 Å². The number of hydrogen-bond acceptors (Lipinski definition) is 3. The number of hydrogen-bond donors (Lipinski definition) is 2. The number of rotatable bonds is 6. The molecular weight excluding hydrogens is 258 g/mol. The Bertz CT molecular complexity index is 448. The monoisotopic (exact) mass is 289 g/mol. The first kappa shape index (κ1) is 16.5. The molecule has 118 valence electrons. The molecule has 0 amide bonds. The Hall–Kier alpha value is -0.900. The normalized spacial score (nSPS) is 19.4. The summed E-state index contributed by atoms with van der Waals surface area (Å²) in [4.78, 5) is 2.37. The standard InChI is InChI=1S/C18H31N3/c1-14(2)12-15-8-7-9-16(13-15)17(20-19)18(21(3)4)10-5-6-11-18/h7-9,13-14,17,20H,5-6,10-12,19H2,1-4H3. The van der Waals surface area contributed by atoms with Crippen molar-refractivity contribution in [2.24, 2.45) is 11.8 Å². The van der Waals surface area contributed by atoms with Crippen molar-refractivity contribution in [1.29, 1.82) is 0 Å². The number of hydrazine groups is 1. The lowest BCUT2D eigenvalue weighted by molar-refractivity contribution is 0.105. The van der Waals surface area contributed by atoms with Crippen LogP contribution >= 0.6 is 0 Å². The van der Waals surface area contributed by atoms with Gasteiger partial charge in [0.15, 0.2) is 0 Å². The second-order valence-corrected chi connectivity index (χ2v) is 7.15. The molecule has 1 aromatic rings. The summed E-state index contributed by atoms with van der Waals surface area (Å²) in [5.74, 6) is 6.66. The van der Waals surface area contributed by atoms with Crippen LogP contribution in [0.25, 0.3) is 0 Å². The third-order valence-electron chi connectivity index (χ3n) is 4.99. The van der Waals surface area contributed by atoms with Gasteiger partial charge in [0.2, 0.25) is 0 Å². The van der Waals surface area contributed by atoms with Crippen molar-refractivity contribution in [3.05, 3.63) is 35.4 Å². The van der Waals surface area contributed by atoms with Crippen LogP contribution in [0.5, 0.6) is 0 Å². The van der Waals surface area contributed by atoms with Gasteiger partial charge < -0.3 is 4.90 Å². The topological polar surface area (TPSA) is 41.3 Å². The van der Waals surface area contributed by atoms with E-state index in [2.05, 4.69) is 62.5 Å². The van der Waals surface area contributed by atoms with Crippen molar-refractivity contribution in [1.82, 2.24) is 10.3 Å². The average molecular weight is 289 g/mol. The van der Waals surface area contributed by atoms with Gasteiger partial charge in [0, 0.05) is 5.54 Å². The van der Waals surface area contributed by atoms with Crippen LogP contribution in [-0.4, -0.2) is 24.5 Å². The second-order valence-electron chi connectivity index (χ2n) is 7.15. The lowest BCUT2D eigenvalue weighted by Gasteiger charge is -2.43. The predicted molar refractivity (Wildman–Crippen MR) is 89.9 cm³/mol. The molecule has 3 N–H and O–H groups in total. The zero-order valence-electron chi connectivity index (χ0n) is 14.0. The van der Waals surface area contributed by atoms with Crippen LogP contribution in [0.4, 0.5) is 0 Å². The van der Waals surface area contributed by atoms with Gasteiger partial charge in [0.05, 0.1) is 6.04 Å². The van der Waals surface area contributed by atoms with E-state index in [0.29, 0.717) is 5.92 Å². The molecule has 3 nitrogen and oxygen atoms in total. The van der Waals surface area contributed by atoms with E-state index in [9.17, 15) is 0 Å². The third kappa shape index (κ3) is 3.47. The summed E-state index contributed by atoms with van der Waals surface area (Å²) in [5, 5.41) is 0. The van der Waals surface area contributed by atoms with Crippen LogP contribution in [0.15, 0.2) is 24.3 Å². The average Bonchev–Trinajstić information content (AvgIpc) is 2.90. The van der Waals surface area contributed by atoms with E-state index in [1.54, 1.807) is 0 Å². The van der Waals surface area contributed by atoms with Gasteiger partial charge in [-0.3, -0.25) is 11.3 Å². The van der Waals surface area contributed by atoms with E-state index in [1.807, 2.05) is 0 Å². The molecule has 3 heteroatoms. The van der Waals surface area contributed by atoms with Crippen molar-refractivity contribution >= 4 is 0 Å². The Morgan fingerprint density at radius 1 is 1.24 bits per heavy atom. The molecule has 0 aromatic heterocycles. The molecule has 2 rings (SSSR count). The molecule has 1 atom stereocenters. The quantitative estimate of drug-likeness (QED) is 0.624. The van der Waals surface area contributed by atoms with E-state index < -0.39 is 0 Å². The molecule has 1 aliphatic rings.